The molecule has 0 aliphatic heterocycles. The molecule has 0 fully saturated rings. The maximum absolute atomic E-state index is 12.6. The summed E-state index contributed by atoms with van der Waals surface area (Å²) in [4.78, 5) is 25.1. The molecule has 0 saturated carbocycles. The molecule has 342 valence electrons. The first-order chi connectivity index (χ1) is 29.6. The van der Waals surface area contributed by atoms with Crippen molar-refractivity contribution < 1.29 is 23.8 Å². The van der Waals surface area contributed by atoms with Crippen LogP contribution in [0.3, 0.4) is 0 Å². The summed E-state index contributed by atoms with van der Waals surface area (Å²) in [6, 6.07) is 0. The first-order valence-electron chi connectivity index (χ1n) is 24.8. The largest absolute Gasteiger partial charge is 0.462 e. The van der Waals surface area contributed by atoms with Gasteiger partial charge in [-0.1, -0.05) is 201 Å². The summed E-state index contributed by atoms with van der Waals surface area (Å²) in [7, 11) is 0. The zero-order valence-corrected chi connectivity index (χ0v) is 39.2. The van der Waals surface area contributed by atoms with Crippen molar-refractivity contribution >= 4 is 11.9 Å². The molecule has 60 heavy (non-hydrogen) atoms. The molecule has 0 radical (unpaired) electrons. The third kappa shape index (κ3) is 47.5. The minimum Gasteiger partial charge on any atom is -0.462 e. The Labute approximate surface area is 371 Å². The fourth-order valence-corrected chi connectivity index (χ4v) is 6.49. The van der Waals surface area contributed by atoms with Crippen LogP contribution in [0.25, 0.3) is 0 Å². The molecular formula is C55H92O5. The molecule has 0 rings (SSSR count). The Hall–Kier alpha value is -3.18. The van der Waals surface area contributed by atoms with Crippen molar-refractivity contribution in [2.75, 3.05) is 19.8 Å². The highest BCUT2D eigenvalue weighted by atomic mass is 16.6. The highest BCUT2D eigenvalue weighted by Crippen LogP contribution is 2.13. The highest BCUT2D eigenvalue weighted by Gasteiger charge is 2.17. The van der Waals surface area contributed by atoms with E-state index < -0.39 is 6.10 Å². The molecule has 0 heterocycles. The van der Waals surface area contributed by atoms with E-state index in [1.54, 1.807) is 0 Å². The van der Waals surface area contributed by atoms with Gasteiger partial charge in [-0.3, -0.25) is 9.59 Å². The Bertz CT molecular complexity index is 1170. The minimum absolute atomic E-state index is 0.0681. The summed E-state index contributed by atoms with van der Waals surface area (Å²) in [6.45, 7) is 7.48. The van der Waals surface area contributed by atoms with E-state index in [-0.39, 0.29) is 25.2 Å². The molecule has 0 N–H and O–H groups in total. The molecule has 1 unspecified atom stereocenters. The van der Waals surface area contributed by atoms with Gasteiger partial charge in [-0.05, 0) is 96.3 Å². The summed E-state index contributed by atoms with van der Waals surface area (Å²) in [5.41, 5.74) is 0. The molecule has 0 bridgehead atoms. The minimum atomic E-state index is -0.549. The second kappa shape index (κ2) is 50.2. The fourth-order valence-electron chi connectivity index (χ4n) is 6.49. The van der Waals surface area contributed by atoms with Crippen molar-refractivity contribution in [2.45, 2.75) is 219 Å². The number of ether oxygens (including phenoxy) is 3. The first-order valence-corrected chi connectivity index (χ1v) is 24.8. The summed E-state index contributed by atoms with van der Waals surface area (Å²) in [5.74, 6) is -0.437. The molecule has 0 amide bonds. The van der Waals surface area contributed by atoms with Crippen molar-refractivity contribution in [3.05, 3.63) is 97.2 Å². The molecule has 0 saturated heterocycles. The number of hydrogen-bond acceptors (Lipinski definition) is 5. The van der Waals surface area contributed by atoms with Gasteiger partial charge in [0, 0.05) is 19.4 Å². The average molecular weight is 833 g/mol. The van der Waals surface area contributed by atoms with Gasteiger partial charge in [-0.25, -0.2) is 0 Å². The molecule has 5 heteroatoms. The van der Waals surface area contributed by atoms with Crippen molar-refractivity contribution in [3.8, 4) is 0 Å². The predicted octanol–water partition coefficient (Wildman–Crippen LogP) is 16.7. The van der Waals surface area contributed by atoms with E-state index >= 15 is 0 Å². The fraction of sp³-hybridized carbons (Fsp3) is 0.673. The predicted molar refractivity (Wildman–Crippen MR) is 260 cm³/mol. The van der Waals surface area contributed by atoms with Gasteiger partial charge in [0.2, 0.25) is 0 Å². The van der Waals surface area contributed by atoms with Gasteiger partial charge in [0.05, 0.1) is 6.61 Å². The quantitative estimate of drug-likeness (QED) is 0.0348. The van der Waals surface area contributed by atoms with Crippen LogP contribution in [0.15, 0.2) is 97.2 Å². The van der Waals surface area contributed by atoms with Crippen LogP contribution in [0.2, 0.25) is 0 Å². The molecule has 0 aromatic heterocycles. The van der Waals surface area contributed by atoms with Gasteiger partial charge in [-0.15, -0.1) is 0 Å². The summed E-state index contributed by atoms with van der Waals surface area (Å²) >= 11 is 0. The Morgan fingerprint density at radius 3 is 1.20 bits per heavy atom. The second-order valence-corrected chi connectivity index (χ2v) is 16.0. The maximum Gasteiger partial charge on any atom is 0.306 e. The molecular weight excluding hydrogens is 741 g/mol. The molecule has 0 aromatic rings. The Balaban J connectivity index is 4.09. The Morgan fingerprint density at radius 1 is 0.383 bits per heavy atom. The molecule has 5 nitrogen and oxygen atoms in total. The van der Waals surface area contributed by atoms with Crippen molar-refractivity contribution in [1.29, 1.82) is 0 Å². The number of hydrogen-bond donors (Lipinski definition) is 0. The van der Waals surface area contributed by atoms with E-state index in [4.69, 9.17) is 14.2 Å². The second-order valence-electron chi connectivity index (χ2n) is 16.0. The lowest BCUT2D eigenvalue weighted by molar-refractivity contribution is -0.163. The molecule has 1 atom stereocenters. The Kier molecular flexibility index (Phi) is 47.5. The normalized spacial score (nSPS) is 13.1. The average Bonchev–Trinajstić information content (AvgIpc) is 3.25. The van der Waals surface area contributed by atoms with E-state index in [1.165, 1.54) is 70.6 Å². The van der Waals surface area contributed by atoms with Crippen molar-refractivity contribution in [2.24, 2.45) is 0 Å². The first kappa shape index (κ1) is 56.8. The monoisotopic (exact) mass is 833 g/mol. The van der Waals surface area contributed by atoms with Crippen LogP contribution in [-0.2, 0) is 23.8 Å². The van der Waals surface area contributed by atoms with Gasteiger partial charge in [0.1, 0.15) is 6.61 Å². The zero-order chi connectivity index (χ0) is 43.5. The maximum atomic E-state index is 12.6. The van der Waals surface area contributed by atoms with Crippen LogP contribution in [0.1, 0.15) is 213 Å². The number of carbonyl (C=O) groups is 2. The summed E-state index contributed by atoms with van der Waals surface area (Å²) < 4.78 is 17.2. The van der Waals surface area contributed by atoms with Gasteiger partial charge < -0.3 is 14.2 Å². The standard InChI is InChI=1S/C55H92O5/c1-4-7-10-13-15-17-19-21-23-25-27-29-31-33-35-37-39-41-44-47-50-58-51-53(60-55(57)49-46-42-12-9-6-3)52-59-54(56)48-45-43-40-38-36-34-32-30-28-26-24-22-20-18-16-14-11-8-5-2/h7-8,10-11,15-18,21-24,27-30,53H,4-6,9,12-14,19-20,25-26,31-52H2,1-3H3/b10-7-,11-8-,17-15-,18-16-,23-21-,24-22-,29-27-,30-28-. The molecule has 0 spiro atoms. The molecule has 0 aliphatic carbocycles. The van der Waals surface area contributed by atoms with Crippen molar-refractivity contribution in [3.63, 3.8) is 0 Å². The van der Waals surface area contributed by atoms with Crippen LogP contribution >= 0.6 is 0 Å². The van der Waals surface area contributed by atoms with Gasteiger partial charge in [0.15, 0.2) is 6.10 Å². The lowest BCUT2D eigenvalue weighted by atomic mass is 10.1. The van der Waals surface area contributed by atoms with Crippen molar-refractivity contribution in [1.82, 2.24) is 0 Å². The van der Waals surface area contributed by atoms with E-state index in [9.17, 15) is 9.59 Å². The number of rotatable bonds is 44. The van der Waals surface area contributed by atoms with E-state index in [2.05, 4.69) is 118 Å². The lowest BCUT2D eigenvalue weighted by Gasteiger charge is -2.18. The summed E-state index contributed by atoms with van der Waals surface area (Å²) in [5, 5.41) is 0. The van der Waals surface area contributed by atoms with E-state index in [1.807, 2.05) is 0 Å². The van der Waals surface area contributed by atoms with Gasteiger partial charge in [-0.2, -0.15) is 0 Å². The topological polar surface area (TPSA) is 61.8 Å². The number of unbranched alkanes of at least 4 members (excludes halogenated alkanes) is 17. The van der Waals surface area contributed by atoms with Crippen LogP contribution in [0.5, 0.6) is 0 Å². The smallest absolute Gasteiger partial charge is 0.306 e. The molecule has 0 aromatic carbocycles. The van der Waals surface area contributed by atoms with E-state index in [0.717, 1.165) is 109 Å². The highest BCUT2D eigenvalue weighted by molar-refractivity contribution is 5.70. The van der Waals surface area contributed by atoms with Crippen LogP contribution in [0, 0.1) is 0 Å². The van der Waals surface area contributed by atoms with Crippen LogP contribution in [-0.4, -0.2) is 37.9 Å². The number of allylic oxidation sites excluding steroid dienone is 16. The van der Waals surface area contributed by atoms with Crippen LogP contribution in [0.4, 0.5) is 0 Å². The third-order valence-electron chi connectivity index (χ3n) is 10.1. The van der Waals surface area contributed by atoms with E-state index in [0.29, 0.717) is 19.4 Å². The Morgan fingerprint density at radius 2 is 0.750 bits per heavy atom. The van der Waals surface area contributed by atoms with Crippen LogP contribution < -0.4 is 0 Å². The lowest BCUT2D eigenvalue weighted by Crippen LogP contribution is -2.30. The molecule has 0 aliphatic rings. The number of esters is 2. The zero-order valence-electron chi connectivity index (χ0n) is 39.2. The summed E-state index contributed by atoms with van der Waals surface area (Å²) in [6.07, 6.45) is 67.3. The number of carbonyl (C=O) groups excluding carboxylic acids is 2. The van der Waals surface area contributed by atoms with Gasteiger partial charge in [0.25, 0.3) is 0 Å². The SMILES string of the molecule is CC/C=C\C/C=C\C/C=C\C/C=C\CCCCCCCCCOCC(COC(=O)CCCCCCCC/C=C\C/C=C\C/C=C\C/C=C\CC)OC(=O)CCCCCCC. The third-order valence-corrected chi connectivity index (χ3v) is 10.1. The van der Waals surface area contributed by atoms with Gasteiger partial charge >= 0.3 is 11.9 Å².